The van der Waals surface area contributed by atoms with Gasteiger partial charge in [0, 0.05) is 19.1 Å². The number of esters is 1. The lowest BCUT2D eigenvalue weighted by Crippen LogP contribution is -2.13. The van der Waals surface area contributed by atoms with Crippen molar-refractivity contribution in [3.63, 3.8) is 0 Å². The number of ether oxygens (including phenoxy) is 5. The Morgan fingerprint density at radius 1 is 1.07 bits per heavy atom. The van der Waals surface area contributed by atoms with Crippen molar-refractivity contribution in [2.75, 3.05) is 40.1 Å². The molecule has 1 aromatic heterocycles. The van der Waals surface area contributed by atoms with Gasteiger partial charge >= 0.3 is 11.9 Å². The lowest BCUT2D eigenvalue weighted by molar-refractivity contribution is 0.0478. The van der Waals surface area contributed by atoms with E-state index in [-0.39, 0.29) is 36.3 Å². The molecule has 0 aliphatic rings. The van der Waals surface area contributed by atoms with Gasteiger partial charge in [0.1, 0.15) is 22.1 Å². The molecule has 0 saturated carbocycles. The normalized spacial score (nSPS) is 10.6. The van der Waals surface area contributed by atoms with Crippen LogP contribution in [0.1, 0.15) is 38.1 Å². The van der Waals surface area contributed by atoms with Gasteiger partial charge in [-0.15, -0.1) is 11.3 Å². The molecule has 0 bridgehead atoms. The number of aromatic carboxylic acids is 1. The fourth-order valence-corrected chi connectivity index (χ4v) is 3.83. The van der Waals surface area contributed by atoms with E-state index in [1.54, 1.807) is 25.1 Å². The van der Waals surface area contributed by atoms with Crippen LogP contribution in [-0.2, 0) is 27.1 Å². The highest BCUT2D eigenvalue weighted by molar-refractivity contribution is 7.16. The van der Waals surface area contributed by atoms with E-state index in [1.807, 2.05) is 0 Å². The van der Waals surface area contributed by atoms with Gasteiger partial charge in [0.15, 0.2) is 13.6 Å². The summed E-state index contributed by atoms with van der Waals surface area (Å²) in [5.41, 5.74) is 6.44. The van der Waals surface area contributed by atoms with Crippen LogP contribution in [0.3, 0.4) is 0 Å². The van der Waals surface area contributed by atoms with Crippen LogP contribution in [-0.4, -0.2) is 51.5 Å². The predicted octanol–water partition coefficient (Wildman–Crippen LogP) is 2.96. The second kappa shape index (κ2) is 11.4. The molecule has 0 unspecified atom stereocenters. The van der Waals surface area contributed by atoms with E-state index >= 15 is 0 Å². The van der Waals surface area contributed by atoms with Crippen LogP contribution in [0.4, 0.5) is 5.00 Å². The molecule has 0 saturated heterocycles. The Bertz CT molecular complexity index is 880. The van der Waals surface area contributed by atoms with Crippen LogP contribution in [0.2, 0.25) is 0 Å². The van der Waals surface area contributed by atoms with E-state index in [0.717, 1.165) is 16.9 Å². The topological polar surface area (TPSA) is 127 Å². The number of nitrogen functional groups attached to an aromatic ring is 1. The predicted molar refractivity (Wildman–Crippen MR) is 111 cm³/mol. The third kappa shape index (κ3) is 5.85. The molecule has 0 atom stereocenters. The van der Waals surface area contributed by atoms with Crippen LogP contribution < -0.4 is 15.2 Å². The summed E-state index contributed by atoms with van der Waals surface area (Å²) in [7, 11) is 3.04. The van der Waals surface area contributed by atoms with Gasteiger partial charge in [0.25, 0.3) is 0 Å². The summed E-state index contributed by atoms with van der Waals surface area (Å²) in [5.74, 6) is -0.801. The van der Waals surface area contributed by atoms with E-state index in [2.05, 4.69) is 0 Å². The average molecular weight is 439 g/mol. The highest BCUT2D eigenvalue weighted by Crippen LogP contribution is 2.34. The summed E-state index contributed by atoms with van der Waals surface area (Å²) in [4.78, 5) is 24.5. The maximum Gasteiger partial charge on any atom is 0.340 e. The number of carboxylic acid groups (broad SMARTS) is 1. The zero-order valence-corrected chi connectivity index (χ0v) is 17.9. The molecule has 0 aliphatic carbocycles. The molecule has 9 nitrogen and oxygen atoms in total. The molecule has 0 aliphatic heterocycles. The van der Waals surface area contributed by atoms with Crippen LogP contribution in [0.5, 0.6) is 11.5 Å². The number of hydrogen-bond acceptors (Lipinski definition) is 9. The van der Waals surface area contributed by atoms with Crippen LogP contribution >= 0.6 is 11.3 Å². The van der Waals surface area contributed by atoms with Crippen LogP contribution in [0.15, 0.2) is 18.2 Å². The molecule has 164 valence electrons. The first-order valence-electron chi connectivity index (χ1n) is 9.10. The SMILES string of the molecule is CCOC(=O)c1c(CCc2cc(OCOC)ccc2OCOC)sc(N)c1C(=O)O. The first-order chi connectivity index (χ1) is 14.4. The van der Waals surface area contributed by atoms with E-state index in [1.165, 1.54) is 14.2 Å². The monoisotopic (exact) mass is 439 g/mol. The zero-order chi connectivity index (χ0) is 22.1. The van der Waals surface area contributed by atoms with Gasteiger partial charge in [-0.2, -0.15) is 0 Å². The summed E-state index contributed by atoms with van der Waals surface area (Å²) in [6.07, 6.45) is 0.794. The number of hydrogen-bond donors (Lipinski definition) is 2. The molecule has 10 heteroatoms. The second-order valence-corrected chi connectivity index (χ2v) is 7.17. The third-order valence-corrected chi connectivity index (χ3v) is 5.11. The standard InChI is InChI=1S/C20H25NO8S/c1-4-27-20(24)16-15(30-18(21)17(16)19(22)23)8-5-12-9-13(28-10-25-2)6-7-14(12)29-11-26-3/h6-7,9H,4-5,8,10-11,21H2,1-3H3,(H,22,23). The minimum Gasteiger partial charge on any atom is -0.478 e. The van der Waals surface area contributed by atoms with Crippen LogP contribution in [0, 0.1) is 0 Å². The van der Waals surface area contributed by atoms with Gasteiger partial charge in [-0.05, 0) is 43.5 Å². The Balaban J connectivity index is 2.33. The number of benzene rings is 1. The van der Waals surface area contributed by atoms with Gasteiger partial charge in [0.2, 0.25) is 0 Å². The molecule has 3 N–H and O–H groups in total. The maximum atomic E-state index is 12.4. The minimum atomic E-state index is -1.27. The maximum absolute atomic E-state index is 12.4. The minimum absolute atomic E-state index is 0.00185. The second-order valence-electron chi connectivity index (χ2n) is 6.04. The van der Waals surface area contributed by atoms with E-state index in [9.17, 15) is 14.7 Å². The van der Waals surface area contributed by atoms with Crippen molar-refractivity contribution < 1.29 is 38.4 Å². The number of nitrogens with two attached hydrogens (primary N) is 1. The van der Waals surface area contributed by atoms with E-state index in [4.69, 9.17) is 29.4 Å². The molecule has 1 heterocycles. The highest BCUT2D eigenvalue weighted by atomic mass is 32.1. The largest absolute Gasteiger partial charge is 0.478 e. The Kier molecular flexibility index (Phi) is 8.90. The molecule has 0 fully saturated rings. The lowest BCUT2D eigenvalue weighted by atomic mass is 10.0. The molecule has 30 heavy (non-hydrogen) atoms. The van der Waals surface area contributed by atoms with Crippen molar-refractivity contribution in [2.24, 2.45) is 0 Å². The number of rotatable bonds is 12. The van der Waals surface area contributed by atoms with Crippen molar-refractivity contribution in [3.05, 3.63) is 39.8 Å². The summed E-state index contributed by atoms with van der Waals surface area (Å²) in [5, 5.41) is 9.54. The number of carbonyl (C=O) groups is 2. The molecule has 1 aromatic carbocycles. The van der Waals surface area contributed by atoms with Gasteiger partial charge < -0.3 is 34.5 Å². The van der Waals surface area contributed by atoms with Crippen molar-refractivity contribution in [3.8, 4) is 11.5 Å². The zero-order valence-electron chi connectivity index (χ0n) is 17.1. The fourth-order valence-electron chi connectivity index (χ4n) is 2.78. The van der Waals surface area contributed by atoms with Crippen LogP contribution in [0.25, 0.3) is 0 Å². The van der Waals surface area contributed by atoms with Gasteiger partial charge in [-0.3, -0.25) is 0 Å². The molecular formula is C20H25NO8S. The van der Waals surface area contributed by atoms with Crippen molar-refractivity contribution in [1.29, 1.82) is 0 Å². The number of thiophene rings is 1. The molecule has 0 amide bonds. The molecule has 2 rings (SSSR count). The smallest absolute Gasteiger partial charge is 0.340 e. The Morgan fingerprint density at radius 3 is 2.40 bits per heavy atom. The average Bonchev–Trinajstić information content (AvgIpc) is 3.06. The summed E-state index contributed by atoms with van der Waals surface area (Å²) < 4.78 is 26.0. The van der Waals surface area contributed by atoms with Gasteiger partial charge in [0.05, 0.1) is 12.2 Å². The number of carboxylic acids is 1. The number of carbonyl (C=O) groups excluding carboxylic acids is 1. The Labute approximate surface area is 178 Å². The van der Waals surface area contributed by atoms with Crippen molar-refractivity contribution >= 4 is 28.3 Å². The fraction of sp³-hybridized carbons (Fsp3) is 0.400. The highest BCUT2D eigenvalue weighted by Gasteiger charge is 2.28. The first kappa shape index (κ1) is 23.5. The lowest BCUT2D eigenvalue weighted by Gasteiger charge is -2.13. The molecule has 0 spiro atoms. The first-order valence-corrected chi connectivity index (χ1v) is 9.92. The third-order valence-electron chi connectivity index (χ3n) is 4.03. The van der Waals surface area contributed by atoms with E-state index in [0.29, 0.717) is 29.2 Å². The number of aryl methyl sites for hydroxylation is 2. The van der Waals surface area contributed by atoms with Crippen molar-refractivity contribution in [2.45, 2.75) is 19.8 Å². The molecule has 0 radical (unpaired) electrons. The van der Waals surface area contributed by atoms with Crippen molar-refractivity contribution in [1.82, 2.24) is 0 Å². The molecule has 2 aromatic rings. The Morgan fingerprint density at radius 2 is 1.77 bits per heavy atom. The Hall–Kier alpha value is -2.82. The van der Waals surface area contributed by atoms with Gasteiger partial charge in [-0.25, -0.2) is 9.59 Å². The number of methoxy groups -OCH3 is 2. The molecular weight excluding hydrogens is 414 g/mol. The summed E-state index contributed by atoms with van der Waals surface area (Å²) >= 11 is 1.06. The quantitative estimate of drug-likeness (QED) is 0.379. The van der Waals surface area contributed by atoms with E-state index < -0.39 is 11.9 Å². The van der Waals surface area contributed by atoms with Gasteiger partial charge in [-0.1, -0.05) is 0 Å². The summed E-state index contributed by atoms with van der Waals surface area (Å²) in [6.45, 7) is 1.93. The summed E-state index contributed by atoms with van der Waals surface area (Å²) in [6, 6.07) is 5.28. The number of anilines is 1.